The van der Waals surface area contributed by atoms with E-state index in [1.54, 1.807) is 0 Å². The summed E-state index contributed by atoms with van der Waals surface area (Å²) in [6.07, 6.45) is 1.43. The van der Waals surface area contributed by atoms with Crippen LogP contribution in [0.3, 0.4) is 0 Å². The van der Waals surface area contributed by atoms with Crippen molar-refractivity contribution in [2.24, 2.45) is 0 Å². The van der Waals surface area contributed by atoms with Crippen molar-refractivity contribution in [3.05, 3.63) is 69.2 Å². The topological polar surface area (TPSA) is 20.2 Å². The Kier molecular flexibility index (Phi) is 5.64. The average Bonchev–Trinajstić information content (AvgIpc) is 2.48. The third-order valence-corrected chi connectivity index (χ3v) is 4.73. The van der Waals surface area contributed by atoms with Gasteiger partial charge < -0.3 is 5.11 Å². The second-order valence-corrected chi connectivity index (χ2v) is 6.19. The lowest BCUT2D eigenvalue weighted by Crippen LogP contribution is -2.11. The molecule has 0 saturated carbocycles. The van der Waals surface area contributed by atoms with Crippen LogP contribution in [-0.4, -0.2) is 5.11 Å². The van der Waals surface area contributed by atoms with Crippen molar-refractivity contribution in [2.75, 3.05) is 0 Å². The minimum absolute atomic E-state index is 0.0630. The monoisotopic (exact) mass is 352 g/mol. The van der Waals surface area contributed by atoms with Crippen molar-refractivity contribution >= 4 is 27.5 Å². The zero-order chi connectivity index (χ0) is 14.5. The molecule has 0 bridgehead atoms. The fraction of sp³-hybridized carbons (Fsp3) is 0.294. The summed E-state index contributed by atoms with van der Waals surface area (Å²) in [4.78, 5) is 0. The van der Waals surface area contributed by atoms with Crippen molar-refractivity contribution in [1.29, 1.82) is 0 Å². The summed E-state index contributed by atoms with van der Waals surface area (Å²) < 4.78 is 0.882. The molecule has 0 radical (unpaired) electrons. The number of aliphatic hydroxyl groups excluding tert-OH is 1. The predicted molar refractivity (Wildman–Crippen MR) is 88.2 cm³/mol. The van der Waals surface area contributed by atoms with Gasteiger partial charge in [0.15, 0.2) is 0 Å². The number of aliphatic hydroxyl groups is 1. The van der Waals surface area contributed by atoms with Crippen LogP contribution < -0.4 is 0 Å². The number of benzene rings is 2. The van der Waals surface area contributed by atoms with E-state index >= 15 is 0 Å². The van der Waals surface area contributed by atoms with E-state index in [0.29, 0.717) is 5.02 Å². The summed E-state index contributed by atoms with van der Waals surface area (Å²) in [6, 6.07) is 15.7. The van der Waals surface area contributed by atoms with Gasteiger partial charge in [-0.1, -0.05) is 61.3 Å². The van der Waals surface area contributed by atoms with Gasteiger partial charge in [0.2, 0.25) is 0 Å². The molecule has 0 aliphatic carbocycles. The average molecular weight is 354 g/mol. The molecular weight excluding hydrogens is 336 g/mol. The molecule has 20 heavy (non-hydrogen) atoms. The molecule has 0 spiro atoms. The lowest BCUT2D eigenvalue weighted by atomic mass is 9.86. The molecule has 2 atom stereocenters. The van der Waals surface area contributed by atoms with Crippen molar-refractivity contribution in [2.45, 2.75) is 31.8 Å². The molecule has 0 saturated heterocycles. The summed E-state index contributed by atoms with van der Waals surface area (Å²) in [5.74, 6) is 0.0630. The summed E-state index contributed by atoms with van der Waals surface area (Å²) in [7, 11) is 0. The highest BCUT2D eigenvalue weighted by Crippen LogP contribution is 2.37. The Hall–Kier alpha value is -0.830. The Morgan fingerprint density at radius 1 is 1.10 bits per heavy atom. The van der Waals surface area contributed by atoms with Crippen LogP contribution in [0.1, 0.15) is 42.9 Å². The van der Waals surface area contributed by atoms with Crippen LogP contribution in [-0.2, 0) is 0 Å². The highest BCUT2D eigenvalue weighted by atomic mass is 79.9. The molecular formula is C17H18BrClO. The highest BCUT2D eigenvalue weighted by molar-refractivity contribution is 9.10. The maximum absolute atomic E-state index is 10.7. The first-order chi connectivity index (χ1) is 9.63. The van der Waals surface area contributed by atoms with E-state index < -0.39 is 6.10 Å². The van der Waals surface area contributed by atoms with Crippen LogP contribution in [0.5, 0.6) is 0 Å². The number of hydrogen-bond donors (Lipinski definition) is 1. The molecule has 2 aromatic carbocycles. The number of hydrogen-bond acceptors (Lipinski definition) is 1. The molecule has 0 aliphatic heterocycles. The first kappa shape index (κ1) is 15.6. The largest absolute Gasteiger partial charge is 0.388 e. The molecule has 2 rings (SSSR count). The third kappa shape index (κ3) is 3.63. The number of halogens is 2. The first-order valence-corrected chi connectivity index (χ1v) is 7.98. The molecule has 1 N–H and O–H groups in total. The van der Waals surface area contributed by atoms with Gasteiger partial charge in [-0.2, -0.15) is 0 Å². The van der Waals surface area contributed by atoms with Gasteiger partial charge in [-0.25, -0.2) is 0 Å². The SMILES string of the molecule is CCC[C@@H](c1ccc(Br)c(Cl)c1)[C@H](O)c1ccccc1. The molecule has 3 heteroatoms. The second-order valence-electron chi connectivity index (χ2n) is 4.92. The Bertz CT molecular complexity index is 556. The van der Waals surface area contributed by atoms with E-state index in [2.05, 4.69) is 22.9 Å². The van der Waals surface area contributed by atoms with Gasteiger partial charge in [-0.15, -0.1) is 0 Å². The van der Waals surface area contributed by atoms with Gasteiger partial charge in [0.1, 0.15) is 0 Å². The van der Waals surface area contributed by atoms with Gasteiger partial charge in [0.25, 0.3) is 0 Å². The zero-order valence-corrected chi connectivity index (χ0v) is 13.7. The molecule has 0 amide bonds. The zero-order valence-electron chi connectivity index (χ0n) is 11.4. The van der Waals surface area contributed by atoms with E-state index in [9.17, 15) is 5.11 Å². The highest BCUT2D eigenvalue weighted by Gasteiger charge is 2.22. The van der Waals surface area contributed by atoms with Gasteiger partial charge in [-0.05, 0) is 45.6 Å². The van der Waals surface area contributed by atoms with Gasteiger partial charge in [-0.3, -0.25) is 0 Å². The van der Waals surface area contributed by atoms with Crippen molar-refractivity contribution in [1.82, 2.24) is 0 Å². The Labute approximate surface area is 133 Å². The second kappa shape index (κ2) is 7.26. The first-order valence-electron chi connectivity index (χ1n) is 6.81. The molecule has 106 valence electrons. The fourth-order valence-corrected chi connectivity index (χ4v) is 2.88. The summed E-state index contributed by atoms with van der Waals surface area (Å²) in [6.45, 7) is 2.13. The molecule has 0 aliphatic rings. The van der Waals surface area contributed by atoms with Crippen molar-refractivity contribution in [3.63, 3.8) is 0 Å². The molecule has 0 heterocycles. The summed E-state index contributed by atoms with van der Waals surface area (Å²) in [5, 5.41) is 11.4. The maximum Gasteiger partial charge on any atom is 0.0858 e. The van der Waals surface area contributed by atoms with E-state index in [1.165, 1.54) is 0 Å². The van der Waals surface area contributed by atoms with Crippen LogP contribution in [0.4, 0.5) is 0 Å². The fourth-order valence-electron chi connectivity index (χ4n) is 2.44. The Morgan fingerprint density at radius 2 is 1.80 bits per heavy atom. The van der Waals surface area contributed by atoms with Crippen LogP contribution in [0.25, 0.3) is 0 Å². The van der Waals surface area contributed by atoms with E-state index in [1.807, 2.05) is 48.5 Å². The normalized spacial score (nSPS) is 14.0. The number of rotatable bonds is 5. The molecule has 0 aromatic heterocycles. The van der Waals surface area contributed by atoms with Crippen LogP contribution in [0.2, 0.25) is 5.02 Å². The molecule has 1 nitrogen and oxygen atoms in total. The summed E-state index contributed by atoms with van der Waals surface area (Å²) in [5.41, 5.74) is 2.03. The van der Waals surface area contributed by atoms with E-state index in [0.717, 1.165) is 28.4 Å². The molecule has 0 fully saturated rings. The van der Waals surface area contributed by atoms with E-state index in [4.69, 9.17) is 11.6 Å². The van der Waals surface area contributed by atoms with Gasteiger partial charge in [0, 0.05) is 10.4 Å². The van der Waals surface area contributed by atoms with Gasteiger partial charge >= 0.3 is 0 Å². The van der Waals surface area contributed by atoms with Crippen LogP contribution in [0.15, 0.2) is 53.0 Å². The Morgan fingerprint density at radius 3 is 2.40 bits per heavy atom. The lowest BCUT2D eigenvalue weighted by Gasteiger charge is -2.24. The van der Waals surface area contributed by atoms with Crippen molar-refractivity contribution < 1.29 is 5.11 Å². The minimum Gasteiger partial charge on any atom is -0.388 e. The Balaban J connectivity index is 2.33. The molecule has 0 unspecified atom stereocenters. The van der Waals surface area contributed by atoms with Crippen molar-refractivity contribution in [3.8, 4) is 0 Å². The van der Waals surface area contributed by atoms with Crippen LogP contribution in [0, 0.1) is 0 Å². The quantitative estimate of drug-likeness (QED) is 0.729. The third-order valence-electron chi connectivity index (χ3n) is 3.49. The standard InChI is InChI=1S/C17H18BrClO/c1-2-6-14(13-9-10-15(18)16(19)11-13)17(20)12-7-4-3-5-8-12/h3-5,7-11,14,17,20H,2,6H2,1H3/t14-,17+/m0/s1. The van der Waals surface area contributed by atoms with E-state index in [-0.39, 0.29) is 5.92 Å². The maximum atomic E-state index is 10.7. The lowest BCUT2D eigenvalue weighted by molar-refractivity contribution is 0.140. The predicted octanol–water partition coefficient (Wildman–Crippen LogP) is 5.72. The minimum atomic E-state index is -0.506. The smallest absolute Gasteiger partial charge is 0.0858 e. The summed E-state index contributed by atoms with van der Waals surface area (Å²) >= 11 is 9.59. The van der Waals surface area contributed by atoms with Gasteiger partial charge in [0.05, 0.1) is 11.1 Å². The molecule has 2 aromatic rings. The van der Waals surface area contributed by atoms with Crippen LogP contribution >= 0.6 is 27.5 Å².